The molecule has 3 heterocycles. The van der Waals surface area contributed by atoms with Crippen molar-refractivity contribution in [2.75, 3.05) is 13.2 Å². The van der Waals surface area contributed by atoms with Crippen molar-refractivity contribution < 1.29 is 36.2 Å². The highest BCUT2D eigenvalue weighted by atomic mass is 19.3. The molecule has 216 valence electrons. The van der Waals surface area contributed by atoms with Crippen LogP contribution in [0.2, 0.25) is 0 Å². The normalized spacial score (nSPS) is 22.4. The summed E-state index contributed by atoms with van der Waals surface area (Å²) >= 11 is 0. The molecule has 0 aromatic carbocycles. The summed E-state index contributed by atoms with van der Waals surface area (Å²) in [4.78, 5) is 7.49. The minimum Gasteiger partial charge on any atom is -0.486 e. The molecule has 0 amide bonds. The van der Waals surface area contributed by atoms with Crippen LogP contribution in [0.5, 0.6) is 5.75 Å². The van der Waals surface area contributed by atoms with Crippen molar-refractivity contribution >= 4 is 0 Å². The van der Waals surface area contributed by atoms with Crippen LogP contribution in [0, 0.1) is 11.9 Å². The molecule has 5 nitrogen and oxygen atoms in total. The molecule has 2 aromatic heterocycles. The molecular weight excluding hydrogens is 519 g/mol. The van der Waals surface area contributed by atoms with Crippen molar-refractivity contribution in [1.29, 1.82) is 0 Å². The molecule has 39 heavy (non-hydrogen) atoms. The van der Waals surface area contributed by atoms with E-state index >= 15 is 8.78 Å². The SMILES string of the molecule is CCCCCCC(F)COC1CCc2cc(-c3ccc(OCC4OC4CCCC)c(F)n3)nc(F)c2C1(F)F. The van der Waals surface area contributed by atoms with Crippen molar-refractivity contribution in [2.24, 2.45) is 0 Å². The molecule has 0 N–H and O–H groups in total. The Morgan fingerprint density at radius 1 is 1.00 bits per heavy atom. The van der Waals surface area contributed by atoms with Crippen LogP contribution < -0.4 is 4.74 Å². The molecular formula is C29H37F5N2O3. The molecule has 4 atom stereocenters. The van der Waals surface area contributed by atoms with Crippen molar-refractivity contribution in [3.8, 4) is 17.1 Å². The van der Waals surface area contributed by atoms with E-state index in [0.717, 1.165) is 38.5 Å². The largest absolute Gasteiger partial charge is 0.486 e. The Balaban J connectivity index is 1.38. The first-order valence-corrected chi connectivity index (χ1v) is 14.0. The van der Waals surface area contributed by atoms with E-state index in [0.29, 0.717) is 6.42 Å². The summed E-state index contributed by atoms with van der Waals surface area (Å²) in [6, 6.07) is 4.06. The third kappa shape index (κ3) is 7.45. The summed E-state index contributed by atoms with van der Waals surface area (Å²) in [6.45, 7) is 3.87. The van der Waals surface area contributed by atoms with Gasteiger partial charge >= 0.3 is 5.92 Å². The van der Waals surface area contributed by atoms with E-state index < -0.39 is 42.3 Å². The van der Waals surface area contributed by atoms with E-state index in [1.807, 2.05) is 6.92 Å². The van der Waals surface area contributed by atoms with Crippen LogP contribution in [0.15, 0.2) is 18.2 Å². The Kier molecular flexibility index (Phi) is 10.1. The highest BCUT2D eigenvalue weighted by Gasteiger charge is 2.49. The number of pyridine rings is 2. The predicted octanol–water partition coefficient (Wildman–Crippen LogP) is 7.49. The topological polar surface area (TPSA) is 56.8 Å². The number of aromatic nitrogens is 2. The maximum Gasteiger partial charge on any atom is 0.303 e. The monoisotopic (exact) mass is 556 g/mol. The first-order chi connectivity index (χ1) is 18.7. The summed E-state index contributed by atoms with van der Waals surface area (Å²) in [6.07, 6.45) is 3.87. The van der Waals surface area contributed by atoms with E-state index in [4.69, 9.17) is 14.2 Å². The second kappa shape index (κ2) is 13.4. The fraction of sp³-hybridized carbons (Fsp3) is 0.655. The number of hydrogen-bond donors (Lipinski definition) is 0. The van der Waals surface area contributed by atoms with Gasteiger partial charge in [0, 0.05) is 0 Å². The van der Waals surface area contributed by atoms with Crippen LogP contribution in [0.3, 0.4) is 0 Å². The van der Waals surface area contributed by atoms with Crippen molar-refractivity contribution in [1.82, 2.24) is 9.97 Å². The van der Waals surface area contributed by atoms with Crippen LogP contribution in [0.4, 0.5) is 22.0 Å². The summed E-state index contributed by atoms with van der Waals surface area (Å²) in [7, 11) is 0. The zero-order valence-corrected chi connectivity index (χ0v) is 22.5. The maximum atomic E-state index is 15.2. The first-order valence-electron chi connectivity index (χ1n) is 14.0. The average Bonchev–Trinajstić information content (AvgIpc) is 3.66. The Hall–Kier alpha value is -2.33. The molecule has 1 aliphatic carbocycles. The Morgan fingerprint density at radius 2 is 1.77 bits per heavy atom. The lowest BCUT2D eigenvalue weighted by Crippen LogP contribution is -2.40. The van der Waals surface area contributed by atoms with Crippen LogP contribution >= 0.6 is 0 Å². The van der Waals surface area contributed by atoms with Crippen LogP contribution in [0.1, 0.15) is 82.8 Å². The van der Waals surface area contributed by atoms with Gasteiger partial charge in [0.15, 0.2) is 5.75 Å². The smallest absolute Gasteiger partial charge is 0.303 e. The first kappa shape index (κ1) is 29.6. The van der Waals surface area contributed by atoms with Gasteiger partial charge in [-0.05, 0) is 49.4 Å². The number of nitrogens with zero attached hydrogens (tertiary/aromatic N) is 2. The van der Waals surface area contributed by atoms with Gasteiger partial charge in [-0.25, -0.2) is 14.4 Å². The van der Waals surface area contributed by atoms with Gasteiger partial charge in [0.25, 0.3) is 5.95 Å². The van der Waals surface area contributed by atoms with Gasteiger partial charge in [0.1, 0.15) is 25.0 Å². The van der Waals surface area contributed by atoms with Crippen LogP contribution in [-0.4, -0.2) is 47.7 Å². The average molecular weight is 557 g/mol. The number of aryl methyl sites for hydroxylation is 1. The van der Waals surface area contributed by atoms with Gasteiger partial charge in [-0.3, -0.25) is 0 Å². The van der Waals surface area contributed by atoms with Crippen LogP contribution in [0.25, 0.3) is 11.4 Å². The molecule has 0 saturated carbocycles. The molecule has 4 rings (SSSR count). The fourth-order valence-corrected chi connectivity index (χ4v) is 4.99. The quantitative estimate of drug-likeness (QED) is 0.0985. The highest BCUT2D eigenvalue weighted by molar-refractivity contribution is 5.57. The number of rotatable bonds is 15. The molecule has 10 heteroatoms. The standard InChI is InChI=1S/C29H37F5N2O3/c1-3-5-7-8-9-19(30)16-38-25-14-11-18-15-21(36-28(32)26(18)29(25,33)34)20-12-13-23(27(31)35-20)37-17-24-22(39-24)10-6-4-2/h12-13,15,19,22,24-25H,3-11,14,16-17H2,1-2H3. The van der Waals surface area contributed by atoms with E-state index in [1.54, 1.807) is 0 Å². The molecule has 0 spiro atoms. The van der Waals surface area contributed by atoms with E-state index in [1.165, 1.54) is 18.2 Å². The van der Waals surface area contributed by atoms with E-state index in [2.05, 4.69) is 16.9 Å². The second-order valence-corrected chi connectivity index (χ2v) is 10.4. The molecule has 1 saturated heterocycles. The molecule has 2 aromatic rings. The minimum atomic E-state index is -3.68. The highest BCUT2D eigenvalue weighted by Crippen LogP contribution is 2.44. The number of alkyl halides is 3. The van der Waals surface area contributed by atoms with Crippen molar-refractivity contribution in [3.63, 3.8) is 0 Å². The molecule has 4 unspecified atom stereocenters. The number of halogens is 5. The minimum absolute atomic E-state index is 0.00456. The predicted molar refractivity (Wildman–Crippen MR) is 137 cm³/mol. The van der Waals surface area contributed by atoms with Gasteiger partial charge in [-0.2, -0.15) is 17.6 Å². The lowest BCUT2D eigenvalue weighted by atomic mass is 9.86. The zero-order chi connectivity index (χ0) is 28.0. The zero-order valence-electron chi connectivity index (χ0n) is 22.5. The van der Waals surface area contributed by atoms with Crippen molar-refractivity contribution in [2.45, 2.75) is 108 Å². The Morgan fingerprint density at radius 3 is 2.51 bits per heavy atom. The van der Waals surface area contributed by atoms with Gasteiger partial charge in [-0.1, -0.05) is 52.4 Å². The van der Waals surface area contributed by atoms with Crippen molar-refractivity contribution in [3.05, 3.63) is 41.2 Å². The van der Waals surface area contributed by atoms with Crippen LogP contribution in [-0.2, 0) is 21.8 Å². The molecule has 1 aliphatic heterocycles. The Labute approximate surface area is 226 Å². The molecule has 1 fully saturated rings. The number of epoxide rings is 1. The van der Waals surface area contributed by atoms with Gasteiger partial charge < -0.3 is 14.2 Å². The summed E-state index contributed by atoms with van der Waals surface area (Å²) in [5.74, 6) is -6.04. The second-order valence-electron chi connectivity index (χ2n) is 10.4. The summed E-state index contributed by atoms with van der Waals surface area (Å²) in [5.41, 5.74) is -0.878. The summed E-state index contributed by atoms with van der Waals surface area (Å²) < 4.78 is 90.4. The number of fused-ring (bicyclic) bond motifs is 1. The summed E-state index contributed by atoms with van der Waals surface area (Å²) in [5, 5.41) is 0. The van der Waals surface area contributed by atoms with Gasteiger partial charge in [0.2, 0.25) is 5.95 Å². The molecule has 2 aliphatic rings. The van der Waals surface area contributed by atoms with E-state index in [-0.39, 0.29) is 60.8 Å². The third-order valence-electron chi connectivity index (χ3n) is 7.33. The molecule has 0 radical (unpaired) electrons. The number of hydrogen-bond acceptors (Lipinski definition) is 5. The lowest BCUT2D eigenvalue weighted by Gasteiger charge is -2.33. The third-order valence-corrected chi connectivity index (χ3v) is 7.33. The van der Waals surface area contributed by atoms with Gasteiger partial charge in [0.05, 0.1) is 29.7 Å². The molecule has 0 bridgehead atoms. The fourth-order valence-electron chi connectivity index (χ4n) is 4.99. The number of ether oxygens (including phenoxy) is 3. The number of unbranched alkanes of at least 4 members (excludes halogenated alkanes) is 4. The van der Waals surface area contributed by atoms with E-state index in [9.17, 15) is 13.2 Å². The lowest BCUT2D eigenvalue weighted by molar-refractivity contribution is -0.160. The van der Waals surface area contributed by atoms with Gasteiger partial charge in [-0.15, -0.1) is 0 Å². The Bertz CT molecular complexity index is 1100. The maximum absolute atomic E-state index is 15.2.